The van der Waals surface area contributed by atoms with E-state index in [4.69, 9.17) is 114 Å². The molecule has 0 aliphatic heterocycles. The summed E-state index contributed by atoms with van der Waals surface area (Å²) in [5.74, 6) is 31.3. The second-order valence-electron chi connectivity index (χ2n) is 36.5. The number of carbonyl (C=O) groups excluding carboxylic acids is 9. The van der Waals surface area contributed by atoms with E-state index in [-0.39, 0.29) is 291 Å². The van der Waals surface area contributed by atoms with Gasteiger partial charge in [-0.1, -0.05) is 0 Å². The molecule has 8 aliphatic rings. The van der Waals surface area contributed by atoms with E-state index >= 15 is 0 Å². The molecule has 0 aromatic carbocycles. The largest absolute Gasteiger partial charge is 0.469 e. The van der Waals surface area contributed by atoms with Gasteiger partial charge in [-0.05, 0) is 122 Å². The first-order valence-electron chi connectivity index (χ1n) is 53.1. The molecule has 9 N–H and O–H groups in total. The molecule has 44 heteroatoms. The number of ether oxygens (including phenoxy) is 21. The van der Waals surface area contributed by atoms with Gasteiger partial charge in [0.25, 0.3) is 0 Å². The summed E-state index contributed by atoms with van der Waals surface area (Å²) in [6.45, 7) is 13.3. The van der Waals surface area contributed by atoms with E-state index in [1.165, 1.54) is 7.11 Å². The number of nitrogens with zero attached hydrogens (tertiary/aromatic N) is 5. The Morgan fingerprint density at radius 1 is 0.245 bits per heavy atom. The highest BCUT2D eigenvalue weighted by Crippen LogP contribution is 2.55. The van der Waals surface area contributed by atoms with Crippen molar-refractivity contribution in [1.82, 2.24) is 57.5 Å². The smallest absolute Gasteiger partial charge is 0.407 e. The van der Waals surface area contributed by atoms with E-state index in [0.29, 0.717) is 177 Å². The number of aromatic nitrogens is 3. The van der Waals surface area contributed by atoms with Crippen molar-refractivity contribution in [2.45, 2.75) is 135 Å². The maximum atomic E-state index is 12.4. The van der Waals surface area contributed by atoms with Crippen LogP contribution in [-0.2, 0) is 123 Å². The van der Waals surface area contributed by atoms with Crippen molar-refractivity contribution in [3.05, 3.63) is 0 Å². The minimum atomic E-state index is -0.486. The summed E-state index contributed by atoms with van der Waals surface area (Å²) in [6, 6.07) is 0. The summed E-state index contributed by atoms with van der Waals surface area (Å²) in [4.78, 5) is 130. The molecule has 4 saturated carbocycles. The van der Waals surface area contributed by atoms with Crippen LogP contribution < -0.4 is 57.7 Å². The van der Waals surface area contributed by atoms with Gasteiger partial charge in [-0.3, -0.25) is 24.0 Å². The van der Waals surface area contributed by atoms with Crippen LogP contribution in [0.2, 0.25) is 0 Å². The Balaban J connectivity index is 0.677. The first-order valence-corrected chi connectivity index (χ1v) is 53.1. The average molecular weight is 2080 g/mol. The van der Waals surface area contributed by atoms with Crippen molar-refractivity contribution >= 4 is 71.8 Å². The lowest BCUT2D eigenvalue weighted by Crippen LogP contribution is -2.36. The molecule has 8 aliphatic carbocycles. The molecule has 1 heterocycles. The minimum absolute atomic E-state index is 0.0108. The van der Waals surface area contributed by atoms with Gasteiger partial charge in [0.15, 0.2) is 0 Å². The van der Waals surface area contributed by atoms with E-state index in [2.05, 4.69) is 95.2 Å². The lowest BCUT2D eigenvalue weighted by atomic mass is 10.1. The number of hydrogen-bond donors (Lipinski definition) is 9. The molecule has 9 rings (SSSR count). The van der Waals surface area contributed by atoms with Crippen LogP contribution in [-0.4, -0.2) is 399 Å². The molecule has 44 nitrogen and oxygen atoms in total. The highest BCUT2D eigenvalue weighted by atomic mass is 16.6. The monoisotopic (exact) mass is 2080 g/mol. The molecule has 1 aromatic heterocycles. The third-order valence-electron chi connectivity index (χ3n) is 26.2. The quantitative estimate of drug-likeness (QED) is 0.0189. The molecular formula is C103H164N14O30. The summed E-state index contributed by atoms with van der Waals surface area (Å²) in [6.07, 6.45) is 14.3. The van der Waals surface area contributed by atoms with Gasteiger partial charge in [0.05, 0.1) is 251 Å². The van der Waals surface area contributed by atoms with Crippen LogP contribution in [0, 0.1) is 118 Å². The van der Waals surface area contributed by atoms with E-state index in [9.17, 15) is 43.2 Å². The number of hydrogen-bond acceptors (Lipinski definition) is 36. The number of fused-ring (bicyclic) bond motifs is 4. The van der Waals surface area contributed by atoms with Crippen molar-refractivity contribution in [2.24, 2.45) is 71.0 Å². The molecule has 0 saturated heterocycles. The third-order valence-corrected chi connectivity index (χ3v) is 26.2. The van der Waals surface area contributed by atoms with Crippen molar-refractivity contribution < 1.29 is 143 Å². The van der Waals surface area contributed by atoms with Gasteiger partial charge in [-0.2, -0.15) is 15.0 Å². The highest BCUT2D eigenvalue weighted by Gasteiger charge is 2.52. The number of rotatable bonds is 86. The molecular weight excluding hydrogens is 1910 g/mol. The molecule has 8 unspecified atom stereocenters. The second kappa shape index (κ2) is 77.7. The van der Waals surface area contributed by atoms with Crippen molar-refractivity contribution in [2.75, 3.05) is 345 Å². The third kappa shape index (κ3) is 55.7. The Hall–Kier alpha value is -9.56. The molecule has 8 amide bonds. The SMILES string of the molecule is COC(=O)CCNc1nc(N(CCOCCOCCOCCOCCC(=O)NCCNC(=O)OCC2C3CCC#CCCC32)CCOCCOCCOCCOCCC(=O)NCCNC(=O)OCC2C3CCC#CCCC32)nc(N(CCOCCOCCOCCOCCC(=O)NCCNC(=O)OCC2C3CCC#CCCC32)CCOCCOCCOCCOCCC(=O)NCCNC(=O)OCC2C3CCC#CCCC32)n1. The first kappa shape index (κ1) is 121. The molecule has 0 spiro atoms. The van der Waals surface area contributed by atoms with Crippen LogP contribution in [0.15, 0.2) is 0 Å². The van der Waals surface area contributed by atoms with Gasteiger partial charge in [-0.15, -0.1) is 47.4 Å². The zero-order valence-electron chi connectivity index (χ0n) is 86.4. The van der Waals surface area contributed by atoms with Gasteiger partial charge in [0.2, 0.25) is 41.5 Å². The maximum Gasteiger partial charge on any atom is 0.407 e. The number of alkyl carbamates (subject to hydrolysis) is 4. The van der Waals surface area contributed by atoms with Gasteiger partial charge < -0.3 is 157 Å². The van der Waals surface area contributed by atoms with Crippen molar-refractivity contribution in [3.63, 3.8) is 0 Å². The lowest BCUT2D eigenvalue weighted by molar-refractivity contribution is -0.140. The number of nitrogens with one attached hydrogen (secondary N) is 9. The summed E-state index contributed by atoms with van der Waals surface area (Å²) >= 11 is 0. The zero-order chi connectivity index (χ0) is 103. The van der Waals surface area contributed by atoms with E-state index in [1.807, 2.05) is 9.80 Å². The summed E-state index contributed by atoms with van der Waals surface area (Å²) < 4.78 is 120. The number of anilines is 3. The highest BCUT2D eigenvalue weighted by molar-refractivity contribution is 5.77. The standard InChI is InChI=1S/C103H164N14O30/c1-127-96(122)26-31-108-97-113-98(116(40-48-132-56-64-140-72-68-136-60-52-128-44-27-92(118)104-32-36-109-100(123)144-76-88-80-18-10-2-3-11-19-81(80)88)41-49-133-57-65-141-73-69-137-61-53-129-45-28-93(119)105-33-37-110-101(124)145-77-89-82-20-12-4-5-13-21-83(82)89)115-99(114-97)117(42-50-134-58-66-142-74-70-138-62-54-130-46-29-94(120)106-34-38-111-102(125)146-78-90-84-22-14-6-7-15-23-85(84)90)43-51-135-59-67-143-75-71-139-63-55-131-47-30-95(121)107-35-39-112-103(126)147-79-91-86-24-16-8-9-17-25-87(86)91/h80-91H,10-79H2,1H3,(H,104,118)(H,105,119)(H,106,120)(H,107,121)(H,109,123)(H,110,124)(H,111,125)(H,112,126)(H,108,113,114,115). The van der Waals surface area contributed by atoms with Crippen LogP contribution in [0.4, 0.5) is 37.0 Å². The number of amides is 8. The molecule has 8 atom stereocenters. The van der Waals surface area contributed by atoms with Crippen molar-refractivity contribution in [3.8, 4) is 47.4 Å². The Bertz CT molecular complexity index is 3630. The number of carbonyl (C=O) groups is 9. The lowest BCUT2D eigenvalue weighted by Gasteiger charge is -2.27. The fourth-order valence-electron chi connectivity index (χ4n) is 18.0. The summed E-state index contributed by atoms with van der Waals surface area (Å²) in [5.41, 5.74) is 0. The normalized spacial score (nSPS) is 20.4. The average Bonchev–Trinajstić information content (AvgIpc) is 1.64. The van der Waals surface area contributed by atoms with Gasteiger partial charge in [0.1, 0.15) is 0 Å². The molecule has 0 bridgehead atoms. The molecule has 1 aromatic rings. The minimum Gasteiger partial charge on any atom is -0.469 e. The van der Waals surface area contributed by atoms with E-state index in [0.717, 1.165) is 103 Å². The predicted molar refractivity (Wildman–Crippen MR) is 537 cm³/mol. The fourth-order valence-corrected chi connectivity index (χ4v) is 18.0. The Morgan fingerprint density at radius 3 is 0.639 bits per heavy atom. The topological polar surface area (TPSA) is 501 Å². The van der Waals surface area contributed by atoms with E-state index in [1.54, 1.807) is 0 Å². The maximum absolute atomic E-state index is 12.4. The van der Waals surface area contributed by atoms with Gasteiger partial charge in [0, 0.05) is 162 Å². The number of esters is 1. The van der Waals surface area contributed by atoms with Crippen LogP contribution in [0.1, 0.15) is 135 Å². The first-order chi connectivity index (χ1) is 72.3. The van der Waals surface area contributed by atoms with Gasteiger partial charge in [-0.25, -0.2) is 19.2 Å². The van der Waals surface area contributed by atoms with Crippen LogP contribution in [0.3, 0.4) is 0 Å². The van der Waals surface area contributed by atoms with Crippen molar-refractivity contribution in [1.29, 1.82) is 0 Å². The molecule has 147 heavy (non-hydrogen) atoms. The Morgan fingerprint density at radius 2 is 0.435 bits per heavy atom. The molecule has 4 fully saturated rings. The number of methoxy groups -OCH3 is 1. The van der Waals surface area contributed by atoms with Crippen LogP contribution in [0.5, 0.6) is 0 Å². The predicted octanol–water partition coefficient (Wildman–Crippen LogP) is 4.41. The Kier molecular flexibility index (Phi) is 64.0. The summed E-state index contributed by atoms with van der Waals surface area (Å²) in [7, 11) is 1.31. The Labute approximate surface area is 866 Å². The van der Waals surface area contributed by atoms with Crippen LogP contribution in [0.25, 0.3) is 0 Å². The molecule has 0 radical (unpaired) electrons. The van der Waals surface area contributed by atoms with E-state index < -0.39 is 30.3 Å². The molecule has 826 valence electrons. The second-order valence-corrected chi connectivity index (χ2v) is 36.5. The zero-order valence-corrected chi connectivity index (χ0v) is 86.4. The van der Waals surface area contributed by atoms with Gasteiger partial charge >= 0.3 is 30.3 Å². The fraction of sp³-hybridized carbons (Fsp3) is 0.806. The summed E-state index contributed by atoms with van der Waals surface area (Å²) in [5, 5.41) is 25.1. The van der Waals surface area contributed by atoms with Crippen LogP contribution >= 0.6 is 0 Å².